The maximum atomic E-state index is 10.5. The molecule has 1 rings (SSSR count). The molecule has 1 aromatic carbocycles. The molecule has 8 heteroatoms. The highest BCUT2D eigenvalue weighted by Crippen LogP contribution is 2.17. The molecule has 0 bridgehead atoms. The molecule has 0 radical (unpaired) electrons. The first-order valence-electron chi connectivity index (χ1n) is 5.56. The van der Waals surface area contributed by atoms with Crippen molar-refractivity contribution in [2.45, 2.75) is 6.10 Å². The van der Waals surface area contributed by atoms with Gasteiger partial charge in [0.15, 0.2) is 0 Å². The number of hydrogen-bond donors (Lipinski definition) is 3. The number of nitro benzene ring substituents is 1. The van der Waals surface area contributed by atoms with Crippen LogP contribution in [-0.4, -0.2) is 35.8 Å². The number of aliphatic hydroxyl groups excluding tert-OH is 1. The number of aliphatic hydroxyl groups is 1. The standard InChI is InChI=1S/C11H15N3O5/c12-11(16)19-6-5-13-7-10(15)8-1-3-9(4-2-8)14(17)18/h1-4,10,13,15H,5-7H2,(H2,12,16). The number of primary amides is 1. The molecule has 4 N–H and O–H groups in total. The number of nitro groups is 1. The minimum absolute atomic E-state index is 0.0289. The number of nitrogens with zero attached hydrogens (tertiary/aromatic N) is 1. The number of amides is 1. The van der Waals surface area contributed by atoms with E-state index in [0.717, 1.165) is 0 Å². The quantitative estimate of drug-likeness (QED) is 0.371. The highest BCUT2D eigenvalue weighted by atomic mass is 16.6. The summed E-state index contributed by atoms with van der Waals surface area (Å²) in [5.74, 6) is 0. The lowest BCUT2D eigenvalue weighted by Gasteiger charge is -2.11. The molecule has 1 atom stereocenters. The van der Waals surface area contributed by atoms with Crippen LogP contribution in [0.5, 0.6) is 0 Å². The fourth-order valence-corrected chi connectivity index (χ4v) is 1.40. The first kappa shape index (κ1) is 14.9. The zero-order valence-electron chi connectivity index (χ0n) is 10.1. The van der Waals surface area contributed by atoms with Gasteiger partial charge in [-0.1, -0.05) is 0 Å². The van der Waals surface area contributed by atoms with E-state index in [1.54, 1.807) is 0 Å². The van der Waals surface area contributed by atoms with Crippen LogP contribution in [0.25, 0.3) is 0 Å². The number of carbonyl (C=O) groups is 1. The molecule has 0 aliphatic carbocycles. The van der Waals surface area contributed by atoms with Crippen LogP contribution in [0.2, 0.25) is 0 Å². The molecule has 19 heavy (non-hydrogen) atoms. The van der Waals surface area contributed by atoms with Crippen LogP contribution in [0, 0.1) is 10.1 Å². The fourth-order valence-electron chi connectivity index (χ4n) is 1.40. The highest BCUT2D eigenvalue weighted by molar-refractivity contribution is 5.64. The average Bonchev–Trinajstić information content (AvgIpc) is 2.37. The van der Waals surface area contributed by atoms with E-state index in [0.29, 0.717) is 12.1 Å². The van der Waals surface area contributed by atoms with Gasteiger partial charge in [-0.2, -0.15) is 0 Å². The molecule has 0 saturated carbocycles. The van der Waals surface area contributed by atoms with E-state index in [1.807, 2.05) is 0 Å². The van der Waals surface area contributed by atoms with Crippen molar-refractivity contribution in [3.63, 3.8) is 0 Å². The average molecular weight is 269 g/mol. The number of ether oxygens (including phenoxy) is 1. The topological polar surface area (TPSA) is 128 Å². The number of benzene rings is 1. The zero-order valence-corrected chi connectivity index (χ0v) is 10.1. The normalized spacial score (nSPS) is 11.8. The van der Waals surface area contributed by atoms with E-state index in [1.165, 1.54) is 24.3 Å². The molecule has 1 aromatic rings. The van der Waals surface area contributed by atoms with Gasteiger partial charge < -0.3 is 20.9 Å². The Kier molecular flexibility index (Phi) is 5.71. The van der Waals surface area contributed by atoms with Crippen LogP contribution < -0.4 is 11.1 Å². The molecule has 0 aliphatic heterocycles. The van der Waals surface area contributed by atoms with Gasteiger partial charge >= 0.3 is 6.09 Å². The largest absolute Gasteiger partial charge is 0.448 e. The van der Waals surface area contributed by atoms with Crippen molar-refractivity contribution in [3.8, 4) is 0 Å². The summed E-state index contributed by atoms with van der Waals surface area (Å²) in [4.78, 5) is 20.2. The highest BCUT2D eigenvalue weighted by Gasteiger charge is 2.10. The summed E-state index contributed by atoms with van der Waals surface area (Å²) in [7, 11) is 0. The molecule has 1 amide bonds. The van der Waals surface area contributed by atoms with Crippen molar-refractivity contribution >= 4 is 11.8 Å². The number of nitrogens with two attached hydrogens (primary N) is 1. The molecule has 8 nitrogen and oxygen atoms in total. The summed E-state index contributed by atoms with van der Waals surface area (Å²) in [6, 6.07) is 5.64. The summed E-state index contributed by atoms with van der Waals surface area (Å²) in [5, 5.41) is 23.1. The van der Waals surface area contributed by atoms with Gasteiger partial charge in [0.1, 0.15) is 6.61 Å². The number of hydrogen-bond acceptors (Lipinski definition) is 6. The molecule has 0 aromatic heterocycles. The first-order valence-corrected chi connectivity index (χ1v) is 5.56. The molecule has 0 saturated heterocycles. The Bertz CT molecular complexity index is 434. The molecule has 104 valence electrons. The predicted molar refractivity (Wildman–Crippen MR) is 66.5 cm³/mol. The fraction of sp³-hybridized carbons (Fsp3) is 0.364. The van der Waals surface area contributed by atoms with Crippen LogP contribution in [-0.2, 0) is 4.74 Å². The third-order valence-corrected chi connectivity index (χ3v) is 2.35. The number of non-ortho nitro benzene ring substituents is 1. The van der Waals surface area contributed by atoms with Gasteiger partial charge in [0.05, 0.1) is 11.0 Å². The SMILES string of the molecule is NC(=O)OCCNCC(O)c1ccc([N+](=O)[O-])cc1. The van der Waals surface area contributed by atoms with Gasteiger partial charge in [0.25, 0.3) is 5.69 Å². The third kappa shape index (κ3) is 5.32. The van der Waals surface area contributed by atoms with E-state index in [-0.39, 0.29) is 18.8 Å². The van der Waals surface area contributed by atoms with E-state index >= 15 is 0 Å². The maximum absolute atomic E-state index is 10.5. The van der Waals surface area contributed by atoms with Crippen molar-refractivity contribution in [1.82, 2.24) is 5.32 Å². The Hall–Kier alpha value is -2.19. The molecule has 0 aliphatic rings. The summed E-state index contributed by atoms with van der Waals surface area (Å²) >= 11 is 0. The van der Waals surface area contributed by atoms with Crippen LogP contribution >= 0.6 is 0 Å². The number of carbonyl (C=O) groups excluding carboxylic acids is 1. The van der Waals surface area contributed by atoms with Crippen molar-refractivity contribution in [2.24, 2.45) is 5.73 Å². The van der Waals surface area contributed by atoms with Crippen molar-refractivity contribution < 1.29 is 19.6 Å². The summed E-state index contributed by atoms with van der Waals surface area (Å²) in [5.41, 5.74) is 5.31. The molecule has 0 heterocycles. The maximum Gasteiger partial charge on any atom is 0.404 e. The van der Waals surface area contributed by atoms with E-state index in [4.69, 9.17) is 5.73 Å². The molecule has 0 fully saturated rings. The zero-order chi connectivity index (χ0) is 14.3. The Balaban J connectivity index is 2.34. The summed E-state index contributed by atoms with van der Waals surface area (Å²) in [6.07, 6.45) is -1.65. The second-order valence-electron chi connectivity index (χ2n) is 3.74. The van der Waals surface area contributed by atoms with Crippen molar-refractivity contribution in [2.75, 3.05) is 19.7 Å². The Morgan fingerprint density at radius 2 is 2.11 bits per heavy atom. The van der Waals surface area contributed by atoms with Gasteiger partial charge in [0, 0.05) is 25.2 Å². The van der Waals surface area contributed by atoms with Crippen LogP contribution in [0.1, 0.15) is 11.7 Å². The Morgan fingerprint density at radius 1 is 1.47 bits per heavy atom. The minimum atomic E-state index is -0.849. The lowest BCUT2D eigenvalue weighted by atomic mass is 10.1. The second-order valence-corrected chi connectivity index (χ2v) is 3.74. The van der Waals surface area contributed by atoms with Gasteiger partial charge in [0.2, 0.25) is 0 Å². The number of nitrogens with one attached hydrogen (secondary N) is 1. The van der Waals surface area contributed by atoms with E-state index in [2.05, 4.69) is 10.1 Å². The van der Waals surface area contributed by atoms with Gasteiger partial charge in [-0.3, -0.25) is 10.1 Å². The third-order valence-electron chi connectivity index (χ3n) is 2.35. The van der Waals surface area contributed by atoms with Crippen LogP contribution in [0.3, 0.4) is 0 Å². The summed E-state index contributed by atoms with van der Waals surface area (Å²) in [6.45, 7) is 0.704. The Labute approximate surface area is 109 Å². The second kappa shape index (κ2) is 7.29. The van der Waals surface area contributed by atoms with E-state index in [9.17, 15) is 20.0 Å². The predicted octanol–water partition coefficient (Wildman–Crippen LogP) is 0.313. The van der Waals surface area contributed by atoms with Crippen LogP contribution in [0.4, 0.5) is 10.5 Å². The Morgan fingerprint density at radius 3 is 2.63 bits per heavy atom. The lowest BCUT2D eigenvalue weighted by Crippen LogP contribution is -2.27. The van der Waals surface area contributed by atoms with Gasteiger partial charge in [-0.25, -0.2) is 4.79 Å². The van der Waals surface area contributed by atoms with Crippen molar-refractivity contribution in [3.05, 3.63) is 39.9 Å². The summed E-state index contributed by atoms with van der Waals surface area (Å²) < 4.78 is 4.49. The molecule has 1 unspecified atom stereocenters. The first-order chi connectivity index (χ1) is 9.00. The molecular formula is C11H15N3O5. The smallest absolute Gasteiger partial charge is 0.404 e. The monoisotopic (exact) mass is 269 g/mol. The molecular weight excluding hydrogens is 254 g/mol. The van der Waals surface area contributed by atoms with E-state index < -0.39 is 17.1 Å². The lowest BCUT2D eigenvalue weighted by molar-refractivity contribution is -0.384. The number of rotatable bonds is 7. The minimum Gasteiger partial charge on any atom is -0.448 e. The van der Waals surface area contributed by atoms with Crippen LogP contribution in [0.15, 0.2) is 24.3 Å². The van der Waals surface area contributed by atoms with Crippen molar-refractivity contribution in [1.29, 1.82) is 0 Å². The van der Waals surface area contributed by atoms with Gasteiger partial charge in [-0.15, -0.1) is 0 Å². The van der Waals surface area contributed by atoms with Gasteiger partial charge in [-0.05, 0) is 17.7 Å². The molecule has 0 spiro atoms.